The van der Waals surface area contributed by atoms with Crippen molar-refractivity contribution >= 4 is 23.7 Å². The van der Waals surface area contributed by atoms with Gasteiger partial charge in [0, 0.05) is 18.5 Å². The summed E-state index contributed by atoms with van der Waals surface area (Å²) in [5.41, 5.74) is 5.02. The smallest absolute Gasteiger partial charge is 0.240 e. The van der Waals surface area contributed by atoms with Crippen LogP contribution in [0.15, 0.2) is 53.6 Å². The molecule has 2 aromatic carbocycles. The second-order valence-electron chi connectivity index (χ2n) is 6.43. The van der Waals surface area contributed by atoms with E-state index >= 15 is 0 Å². The number of hydrogen-bond acceptors (Lipinski definition) is 4. The molecule has 6 heteroatoms. The van der Waals surface area contributed by atoms with Crippen LogP contribution in [0.1, 0.15) is 43.7 Å². The summed E-state index contributed by atoms with van der Waals surface area (Å²) in [6, 6.07) is 15.0. The lowest BCUT2D eigenvalue weighted by molar-refractivity contribution is -0.124. The average Bonchev–Trinajstić information content (AvgIpc) is 2.69. The molecule has 28 heavy (non-hydrogen) atoms. The summed E-state index contributed by atoms with van der Waals surface area (Å²) >= 11 is 0. The van der Waals surface area contributed by atoms with Crippen molar-refractivity contribution in [2.24, 2.45) is 5.10 Å². The van der Waals surface area contributed by atoms with Gasteiger partial charge in [0.15, 0.2) is 0 Å². The van der Waals surface area contributed by atoms with Crippen LogP contribution in [-0.2, 0) is 9.59 Å². The summed E-state index contributed by atoms with van der Waals surface area (Å²) in [6.45, 7) is 4.74. The molecule has 0 aliphatic heterocycles. The molecule has 0 spiro atoms. The number of rotatable bonds is 10. The number of para-hydroxylation sites is 1. The Kier molecular flexibility index (Phi) is 8.72. The van der Waals surface area contributed by atoms with E-state index in [0.29, 0.717) is 6.61 Å². The van der Waals surface area contributed by atoms with E-state index in [4.69, 9.17) is 4.74 Å². The van der Waals surface area contributed by atoms with Crippen LogP contribution in [0.2, 0.25) is 0 Å². The maximum atomic E-state index is 11.9. The highest BCUT2D eigenvalue weighted by Crippen LogP contribution is 2.13. The summed E-state index contributed by atoms with van der Waals surface area (Å²) in [5.74, 6) is 0.303. The zero-order valence-corrected chi connectivity index (χ0v) is 16.4. The first-order valence-corrected chi connectivity index (χ1v) is 9.48. The number of ether oxygens (including phenoxy) is 1. The number of benzene rings is 2. The minimum atomic E-state index is -0.310. The zero-order valence-electron chi connectivity index (χ0n) is 16.4. The number of aryl methyl sites for hydroxylation is 1. The number of hydrogen-bond donors (Lipinski definition) is 2. The minimum absolute atomic E-state index is 0.0687. The summed E-state index contributed by atoms with van der Waals surface area (Å²) in [5, 5.41) is 6.73. The van der Waals surface area contributed by atoms with E-state index in [-0.39, 0.29) is 24.7 Å². The van der Waals surface area contributed by atoms with Crippen LogP contribution < -0.4 is 15.5 Å². The normalized spacial score (nSPS) is 10.6. The third-order valence-electron chi connectivity index (χ3n) is 4.05. The molecule has 0 saturated carbocycles. The Morgan fingerprint density at radius 2 is 1.75 bits per heavy atom. The van der Waals surface area contributed by atoms with Gasteiger partial charge in [0.1, 0.15) is 5.75 Å². The second-order valence-corrected chi connectivity index (χ2v) is 6.43. The number of hydrazone groups is 1. The van der Waals surface area contributed by atoms with Gasteiger partial charge in [0.25, 0.3) is 0 Å². The molecular weight excluding hydrogens is 354 g/mol. The lowest BCUT2D eigenvalue weighted by Gasteiger charge is -2.07. The number of amides is 2. The Balaban J connectivity index is 1.70. The molecule has 0 aliphatic rings. The van der Waals surface area contributed by atoms with Gasteiger partial charge in [0.05, 0.1) is 12.8 Å². The Morgan fingerprint density at radius 1 is 1.04 bits per heavy atom. The number of anilines is 1. The third-order valence-corrected chi connectivity index (χ3v) is 4.05. The van der Waals surface area contributed by atoms with Gasteiger partial charge in [-0.05, 0) is 54.8 Å². The largest absolute Gasteiger partial charge is 0.494 e. The van der Waals surface area contributed by atoms with E-state index in [2.05, 4.69) is 22.8 Å². The maximum absolute atomic E-state index is 11.9. The molecular formula is C22H27N3O3. The van der Waals surface area contributed by atoms with E-state index in [1.165, 1.54) is 0 Å². The van der Waals surface area contributed by atoms with Crippen molar-refractivity contribution < 1.29 is 14.3 Å². The molecule has 148 valence electrons. The summed E-state index contributed by atoms with van der Waals surface area (Å²) in [6.07, 6.45) is 3.84. The highest BCUT2D eigenvalue weighted by Gasteiger charge is 2.07. The summed E-state index contributed by atoms with van der Waals surface area (Å²) in [4.78, 5) is 23.8. The Labute approximate surface area is 166 Å². The number of unbranched alkanes of at least 4 members (excludes halogenated alkanes) is 1. The topological polar surface area (TPSA) is 79.8 Å². The maximum Gasteiger partial charge on any atom is 0.240 e. The predicted molar refractivity (Wildman–Crippen MR) is 112 cm³/mol. The van der Waals surface area contributed by atoms with Gasteiger partial charge in [0.2, 0.25) is 11.8 Å². The molecule has 0 aromatic heterocycles. The van der Waals surface area contributed by atoms with Crippen molar-refractivity contribution in [3.8, 4) is 5.75 Å². The fraction of sp³-hybridized carbons (Fsp3) is 0.318. The van der Waals surface area contributed by atoms with E-state index in [1.807, 2.05) is 55.5 Å². The lowest BCUT2D eigenvalue weighted by Crippen LogP contribution is -2.20. The van der Waals surface area contributed by atoms with Crippen LogP contribution in [0.25, 0.3) is 0 Å². The first kappa shape index (κ1) is 21.2. The third kappa shape index (κ3) is 7.61. The van der Waals surface area contributed by atoms with Crippen LogP contribution in [-0.4, -0.2) is 24.6 Å². The van der Waals surface area contributed by atoms with Gasteiger partial charge in [-0.25, -0.2) is 5.43 Å². The monoisotopic (exact) mass is 381 g/mol. The van der Waals surface area contributed by atoms with Gasteiger partial charge < -0.3 is 10.1 Å². The SMILES string of the molecule is CCCCOc1ccc(C=NNC(=O)CCC(=O)Nc2ccccc2C)cc1. The van der Waals surface area contributed by atoms with E-state index < -0.39 is 0 Å². The molecule has 0 saturated heterocycles. The number of carbonyl (C=O) groups excluding carboxylic acids is 2. The molecule has 0 fully saturated rings. The fourth-order valence-corrected chi connectivity index (χ4v) is 2.37. The second kappa shape index (κ2) is 11.5. The molecule has 2 aromatic rings. The van der Waals surface area contributed by atoms with Crippen molar-refractivity contribution in [2.75, 3.05) is 11.9 Å². The van der Waals surface area contributed by atoms with Gasteiger partial charge >= 0.3 is 0 Å². The molecule has 0 atom stereocenters. The van der Waals surface area contributed by atoms with Crippen molar-refractivity contribution in [2.45, 2.75) is 39.5 Å². The van der Waals surface area contributed by atoms with Crippen molar-refractivity contribution in [1.29, 1.82) is 0 Å². The molecule has 0 unspecified atom stereocenters. The molecule has 2 N–H and O–H groups in total. The quantitative estimate of drug-likeness (QED) is 0.370. The zero-order chi connectivity index (χ0) is 20.2. The van der Waals surface area contributed by atoms with Crippen LogP contribution in [0.3, 0.4) is 0 Å². The lowest BCUT2D eigenvalue weighted by atomic mass is 10.2. The Hall–Kier alpha value is -3.15. The van der Waals surface area contributed by atoms with E-state index in [9.17, 15) is 9.59 Å². The van der Waals surface area contributed by atoms with Crippen LogP contribution >= 0.6 is 0 Å². The van der Waals surface area contributed by atoms with Gasteiger partial charge in [-0.15, -0.1) is 0 Å². The van der Waals surface area contributed by atoms with Crippen molar-refractivity contribution in [3.63, 3.8) is 0 Å². The van der Waals surface area contributed by atoms with Crippen LogP contribution in [0, 0.1) is 6.92 Å². The average molecular weight is 381 g/mol. The fourth-order valence-electron chi connectivity index (χ4n) is 2.37. The number of nitrogens with zero attached hydrogens (tertiary/aromatic N) is 1. The molecule has 2 amide bonds. The van der Waals surface area contributed by atoms with Crippen molar-refractivity contribution in [1.82, 2.24) is 5.43 Å². The predicted octanol–water partition coefficient (Wildman–Crippen LogP) is 4.04. The summed E-state index contributed by atoms with van der Waals surface area (Å²) in [7, 11) is 0. The molecule has 0 heterocycles. The number of nitrogens with one attached hydrogen (secondary N) is 2. The van der Waals surface area contributed by atoms with Crippen LogP contribution in [0.4, 0.5) is 5.69 Å². The number of carbonyl (C=O) groups is 2. The first-order valence-electron chi connectivity index (χ1n) is 9.48. The van der Waals surface area contributed by atoms with E-state index in [0.717, 1.165) is 35.4 Å². The molecule has 0 bridgehead atoms. The molecule has 6 nitrogen and oxygen atoms in total. The Morgan fingerprint density at radius 3 is 2.46 bits per heavy atom. The van der Waals surface area contributed by atoms with Crippen LogP contribution in [0.5, 0.6) is 5.75 Å². The van der Waals surface area contributed by atoms with Crippen molar-refractivity contribution in [3.05, 3.63) is 59.7 Å². The first-order chi connectivity index (χ1) is 13.6. The Bertz CT molecular complexity index is 801. The van der Waals surface area contributed by atoms with Gasteiger partial charge in [-0.1, -0.05) is 31.5 Å². The molecule has 2 rings (SSSR count). The van der Waals surface area contributed by atoms with Gasteiger partial charge in [-0.3, -0.25) is 9.59 Å². The molecule has 0 aliphatic carbocycles. The summed E-state index contributed by atoms with van der Waals surface area (Å²) < 4.78 is 5.60. The van der Waals surface area contributed by atoms with Gasteiger partial charge in [-0.2, -0.15) is 5.10 Å². The highest BCUT2D eigenvalue weighted by molar-refractivity contribution is 5.94. The minimum Gasteiger partial charge on any atom is -0.494 e. The molecule has 0 radical (unpaired) electrons. The van der Waals surface area contributed by atoms with E-state index in [1.54, 1.807) is 6.21 Å². The highest BCUT2D eigenvalue weighted by atomic mass is 16.5. The standard InChI is InChI=1S/C22H27N3O3/c1-3-4-15-28-19-11-9-18(10-12-19)16-23-25-22(27)14-13-21(26)24-20-8-6-5-7-17(20)2/h5-12,16H,3-4,13-15H2,1-2H3,(H,24,26)(H,25,27).